The van der Waals surface area contributed by atoms with Gasteiger partial charge >= 0.3 is 0 Å². The highest BCUT2D eigenvalue weighted by Crippen LogP contribution is 2.16. The number of amides is 1. The van der Waals surface area contributed by atoms with Crippen LogP contribution in [0, 0.1) is 5.82 Å². The maximum atomic E-state index is 13.1. The average molecular weight is 316 g/mol. The quantitative estimate of drug-likeness (QED) is 0.576. The van der Waals surface area contributed by atoms with Crippen molar-refractivity contribution in [3.63, 3.8) is 0 Å². The van der Waals surface area contributed by atoms with Crippen LogP contribution in [0.2, 0.25) is 0 Å². The minimum Gasteiger partial charge on any atom is -0.345 e. The molecule has 1 rings (SSSR count). The van der Waals surface area contributed by atoms with Gasteiger partial charge < -0.3 is 4.90 Å². The Morgan fingerprint density at radius 2 is 1.91 bits per heavy atom. The fraction of sp³-hybridized carbons (Fsp3) is 0.368. The van der Waals surface area contributed by atoms with Gasteiger partial charge in [-0.05, 0) is 55.7 Å². The van der Waals surface area contributed by atoms with E-state index in [9.17, 15) is 9.18 Å². The number of halogens is 1. The highest BCUT2D eigenvalue weighted by Gasteiger charge is 2.12. The number of allylic oxidation sites excluding steroid dienone is 1. The Hall–Kier alpha value is -2.23. The van der Waals surface area contributed by atoms with Gasteiger partial charge in [0.15, 0.2) is 0 Å². The maximum Gasteiger partial charge on any atom is 0.246 e. The molecule has 0 bridgehead atoms. The Labute approximate surface area is 138 Å². The third-order valence-electron chi connectivity index (χ3n) is 3.54. The highest BCUT2D eigenvalue weighted by atomic mass is 19.1. The summed E-state index contributed by atoms with van der Waals surface area (Å²) in [6, 6.07) is 6.04. The fourth-order valence-electron chi connectivity index (χ4n) is 2.12. The van der Waals surface area contributed by atoms with Gasteiger partial charge in [-0.25, -0.2) is 4.39 Å². The second-order valence-electron chi connectivity index (χ2n) is 5.75. The lowest BCUT2D eigenvalue weighted by molar-refractivity contribution is -0.123. The Balaban J connectivity index is 3.18. The van der Waals surface area contributed by atoms with Crippen LogP contribution >= 0.6 is 0 Å². The van der Waals surface area contributed by atoms with Crippen molar-refractivity contribution in [1.29, 1.82) is 0 Å². The minimum atomic E-state index is -0.284. The van der Waals surface area contributed by atoms with Crippen LogP contribution in [-0.2, 0) is 4.79 Å². The monoisotopic (exact) mass is 316 g/mol. The van der Waals surface area contributed by atoms with E-state index >= 15 is 0 Å². The molecule has 0 fully saturated rings. The molecule has 0 heterocycles. The third kappa shape index (κ3) is 5.47. The van der Waals surface area contributed by atoms with Gasteiger partial charge in [-0.1, -0.05) is 13.5 Å². The topological polar surface area (TPSA) is 32.7 Å². The molecule has 1 aromatic carbocycles. The molecule has 1 aromatic rings. The molecule has 0 saturated carbocycles. The van der Waals surface area contributed by atoms with Crippen molar-refractivity contribution < 1.29 is 9.18 Å². The summed E-state index contributed by atoms with van der Waals surface area (Å²) in [5, 5.41) is 0. The van der Waals surface area contributed by atoms with Crippen molar-refractivity contribution in [2.45, 2.75) is 33.2 Å². The summed E-state index contributed by atoms with van der Waals surface area (Å²) < 4.78 is 13.1. The molecule has 0 aliphatic rings. The number of nitrogens with zero attached hydrogens (tertiary/aromatic N) is 2. The van der Waals surface area contributed by atoms with E-state index in [0.717, 1.165) is 28.8 Å². The van der Waals surface area contributed by atoms with E-state index in [0.29, 0.717) is 0 Å². The van der Waals surface area contributed by atoms with Gasteiger partial charge in [0, 0.05) is 25.7 Å². The van der Waals surface area contributed by atoms with Crippen LogP contribution in [0.1, 0.15) is 32.8 Å². The first-order valence-electron chi connectivity index (χ1n) is 7.67. The normalized spacial score (nSPS) is 13.7. The molecule has 0 radical (unpaired) electrons. The Morgan fingerprint density at radius 3 is 2.35 bits per heavy atom. The van der Waals surface area contributed by atoms with Crippen molar-refractivity contribution in [1.82, 2.24) is 4.90 Å². The molecule has 1 amide bonds. The first-order valence-corrected chi connectivity index (χ1v) is 7.67. The predicted molar refractivity (Wildman–Crippen MR) is 94.3 cm³/mol. The number of hydrogen-bond donors (Lipinski definition) is 0. The van der Waals surface area contributed by atoms with E-state index < -0.39 is 0 Å². The summed E-state index contributed by atoms with van der Waals surface area (Å²) in [7, 11) is 3.44. The number of carbonyl (C=O) groups excluding carboxylic acids is 1. The minimum absolute atomic E-state index is 0.0532. The lowest BCUT2D eigenvalue weighted by Crippen LogP contribution is -2.21. The number of hydrogen-bond acceptors (Lipinski definition) is 2. The van der Waals surface area contributed by atoms with Crippen LogP contribution in [0.5, 0.6) is 0 Å². The van der Waals surface area contributed by atoms with Crippen molar-refractivity contribution in [2.75, 3.05) is 14.1 Å². The zero-order chi connectivity index (χ0) is 17.6. The molecule has 0 unspecified atom stereocenters. The zero-order valence-corrected chi connectivity index (χ0v) is 14.6. The number of likely N-dealkylation sites (N-methyl/N-ethyl adjacent to an activating group) is 1. The summed E-state index contributed by atoms with van der Waals surface area (Å²) in [6.45, 7) is 9.78. The van der Waals surface area contributed by atoms with Gasteiger partial charge in [0.25, 0.3) is 0 Å². The molecule has 0 aromatic heterocycles. The van der Waals surface area contributed by atoms with Crippen LogP contribution < -0.4 is 0 Å². The Morgan fingerprint density at radius 1 is 1.35 bits per heavy atom. The standard InChI is InChI=1S/C19H25FN2O/c1-7-15(12-18(23)22(5)6)14(4)21-19(13(2)3)16-8-10-17(20)11-9-16/h8-12,14H,2,7H2,1,3-6H3/b15-12+,21-19+/t14-/m0/s1. The van der Waals surface area contributed by atoms with E-state index in [4.69, 9.17) is 4.99 Å². The van der Waals surface area contributed by atoms with Crippen LogP contribution in [0.25, 0.3) is 0 Å². The third-order valence-corrected chi connectivity index (χ3v) is 3.54. The van der Waals surface area contributed by atoms with Gasteiger partial charge in [-0.2, -0.15) is 0 Å². The molecular weight excluding hydrogens is 291 g/mol. The zero-order valence-electron chi connectivity index (χ0n) is 14.6. The van der Waals surface area contributed by atoms with E-state index in [1.54, 1.807) is 32.3 Å². The van der Waals surface area contributed by atoms with Crippen LogP contribution in [-0.4, -0.2) is 36.7 Å². The number of rotatable bonds is 6. The second-order valence-corrected chi connectivity index (χ2v) is 5.75. The fourth-order valence-corrected chi connectivity index (χ4v) is 2.12. The van der Waals surface area contributed by atoms with Gasteiger partial charge in [-0.15, -0.1) is 0 Å². The van der Waals surface area contributed by atoms with E-state index in [1.807, 2.05) is 20.8 Å². The molecule has 0 aliphatic heterocycles. The molecule has 23 heavy (non-hydrogen) atoms. The first-order chi connectivity index (χ1) is 10.8. The van der Waals surface area contributed by atoms with Gasteiger partial charge in [0.1, 0.15) is 5.82 Å². The number of aliphatic imine (C=N–C) groups is 1. The maximum absolute atomic E-state index is 13.1. The van der Waals surface area contributed by atoms with Crippen molar-refractivity contribution in [2.24, 2.45) is 4.99 Å². The van der Waals surface area contributed by atoms with E-state index in [-0.39, 0.29) is 17.8 Å². The van der Waals surface area contributed by atoms with E-state index in [1.165, 1.54) is 17.0 Å². The molecule has 0 saturated heterocycles. The summed E-state index contributed by atoms with van der Waals surface area (Å²) in [4.78, 5) is 18.1. The Kier molecular flexibility index (Phi) is 6.89. The van der Waals surface area contributed by atoms with Crippen molar-refractivity contribution in [3.8, 4) is 0 Å². The van der Waals surface area contributed by atoms with Crippen LogP contribution in [0.4, 0.5) is 4.39 Å². The lowest BCUT2D eigenvalue weighted by Gasteiger charge is -2.15. The van der Waals surface area contributed by atoms with Crippen LogP contribution in [0.3, 0.4) is 0 Å². The number of carbonyl (C=O) groups is 1. The van der Waals surface area contributed by atoms with E-state index in [2.05, 4.69) is 6.58 Å². The summed E-state index contributed by atoms with van der Waals surface area (Å²) >= 11 is 0. The molecule has 0 spiro atoms. The summed E-state index contributed by atoms with van der Waals surface area (Å²) in [5.74, 6) is -0.337. The van der Waals surface area contributed by atoms with Crippen LogP contribution in [0.15, 0.2) is 53.1 Å². The molecule has 124 valence electrons. The SMILES string of the molecule is C=C(C)/C(=N\[C@@H](C)/C(=C/C(=O)N(C)C)CC)c1ccc(F)cc1. The number of benzene rings is 1. The van der Waals surface area contributed by atoms with Crippen molar-refractivity contribution >= 4 is 11.6 Å². The van der Waals surface area contributed by atoms with Gasteiger partial charge in [0.05, 0.1) is 11.8 Å². The molecule has 0 N–H and O–H groups in total. The summed E-state index contributed by atoms with van der Waals surface area (Å²) in [5.41, 5.74) is 3.30. The molecule has 0 aliphatic carbocycles. The Bertz CT molecular complexity index is 627. The second kappa shape index (κ2) is 8.42. The molecule has 1 atom stereocenters. The average Bonchev–Trinajstić information content (AvgIpc) is 2.50. The smallest absolute Gasteiger partial charge is 0.246 e. The summed E-state index contributed by atoms with van der Waals surface area (Å²) in [6.07, 6.45) is 2.37. The predicted octanol–water partition coefficient (Wildman–Crippen LogP) is 4.00. The lowest BCUT2D eigenvalue weighted by atomic mass is 10.0. The molecule has 3 nitrogen and oxygen atoms in total. The van der Waals surface area contributed by atoms with Gasteiger partial charge in [0.2, 0.25) is 5.91 Å². The van der Waals surface area contributed by atoms with Gasteiger partial charge in [-0.3, -0.25) is 9.79 Å². The largest absolute Gasteiger partial charge is 0.345 e. The molecule has 4 heteroatoms. The van der Waals surface area contributed by atoms with Crippen molar-refractivity contribution in [3.05, 3.63) is 59.4 Å². The first kappa shape index (κ1) is 18.8. The highest BCUT2D eigenvalue weighted by molar-refractivity contribution is 6.12. The molecular formula is C19H25FN2O.